The Balaban J connectivity index is 1.54. The molecule has 0 aliphatic carbocycles. The first-order valence-electron chi connectivity index (χ1n) is 9.82. The first-order chi connectivity index (χ1) is 13.5. The molecule has 1 aromatic heterocycles. The third kappa shape index (κ3) is 5.53. The summed E-state index contributed by atoms with van der Waals surface area (Å²) in [4.78, 5) is 6.69. The summed E-state index contributed by atoms with van der Waals surface area (Å²) in [5.41, 5.74) is 2.16. The number of hydrogen-bond donors (Lipinski definition) is 1. The molecule has 1 N–H and O–H groups in total. The van der Waals surface area contributed by atoms with Gasteiger partial charge in [0.15, 0.2) is 0 Å². The van der Waals surface area contributed by atoms with E-state index in [0.29, 0.717) is 24.8 Å². The minimum Gasteiger partial charge on any atom is -0.492 e. The summed E-state index contributed by atoms with van der Waals surface area (Å²) in [6.07, 6.45) is 5.61. The van der Waals surface area contributed by atoms with Crippen molar-refractivity contribution in [2.24, 2.45) is 5.92 Å². The van der Waals surface area contributed by atoms with Gasteiger partial charge < -0.3 is 4.74 Å². The van der Waals surface area contributed by atoms with Crippen molar-refractivity contribution in [3.8, 4) is 5.75 Å². The summed E-state index contributed by atoms with van der Waals surface area (Å²) in [5.74, 6) is 0.761. The Morgan fingerprint density at radius 2 is 1.89 bits per heavy atom. The molecule has 3 rings (SSSR count). The molecule has 7 heteroatoms. The van der Waals surface area contributed by atoms with Crippen LogP contribution in [0.5, 0.6) is 5.75 Å². The number of aromatic nitrogens is 1. The molecule has 0 spiro atoms. The highest BCUT2D eigenvalue weighted by atomic mass is 32.2. The first-order valence-corrected chi connectivity index (χ1v) is 11.3. The van der Waals surface area contributed by atoms with Gasteiger partial charge in [-0.2, -0.15) is 0 Å². The lowest BCUT2D eigenvalue weighted by atomic mass is 9.97. The Bertz CT molecular complexity index is 864. The molecular formula is C21H29N3O3S. The Morgan fingerprint density at radius 3 is 2.57 bits per heavy atom. The SMILES string of the molecule is CCOc1ccc(C)cc1S(=O)(=O)NCC1CCN(Cc2ccncc2)CC1. The molecule has 0 saturated carbocycles. The average molecular weight is 404 g/mol. The zero-order valence-electron chi connectivity index (χ0n) is 16.6. The van der Waals surface area contributed by atoms with E-state index in [2.05, 4.69) is 14.6 Å². The van der Waals surface area contributed by atoms with Gasteiger partial charge in [0.25, 0.3) is 0 Å². The molecule has 0 radical (unpaired) electrons. The van der Waals surface area contributed by atoms with Crippen molar-refractivity contribution in [2.75, 3.05) is 26.2 Å². The molecule has 2 aromatic rings. The van der Waals surface area contributed by atoms with Crippen LogP contribution in [-0.4, -0.2) is 44.5 Å². The maximum atomic E-state index is 12.8. The molecule has 0 unspecified atom stereocenters. The number of ether oxygens (including phenoxy) is 1. The van der Waals surface area contributed by atoms with Gasteiger partial charge >= 0.3 is 0 Å². The van der Waals surface area contributed by atoms with E-state index >= 15 is 0 Å². The van der Waals surface area contributed by atoms with Gasteiger partial charge in [-0.3, -0.25) is 9.88 Å². The molecule has 1 saturated heterocycles. The van der Waals surface area contributed by atoms with Crippen LogP contribution in [0.25, 0.3) is 0 Å². The fraction of sp³-hybridized carbons (Fsp3) is 0.476. The summed E-state index contributed by atoms with van der Waals surface area (Å²) in [7, 11) is -3.59. The number of rotatable bonds is 8. The lowest BCUT2D eigenvalue weighted by Gasteiger charge is -2.32. The minimum atomic E-state index is -3.59. The Kier molecular flexibility index (Phi) is 7.04. The van der Waals surface area contributed by atoms with Crippen molar-refractivity contribution in [3.05, 3.63) is 53.9 Å². The number of likely N-dealkylation sites (tertiary alicyclic amines) is 1. The maximum Gasteiger partial charge on any atom is 0.244 e. The number of benzene rings is 1. The van der Waals surface area contributed by atoms with Crippen molar-refractivity contribution < 1.29 is 13.2 Å². The highest BCUT2D eigenvalue weighted by Crippen LogP contribution is 2.26. The van der Waals surface area contributed by atoms with Crippen molar-refractivity contribution in [1.29, 1.82) is 0 Å². The second-order valence-electron chi connectivity index (χ2n) is 7.31. The van der Waals surface area contributed by atoms with Gasteiger partial charge in [-0.1, -0.05) is 6.07 Å². The van der Waals surface area contributed by atoms with Crippen LogP contribution in [0.1, 0.15) is 30.9 Å². The number of aryl methyl sites for hydroxylation is 1. The first kappa shape index (κ1) is 20.8. The molecular weight excluding hydrogens is 374 g/mol. The van der Waals surface area contributed by atoms with Crippen LogP contribution in [0.3, 0.4) is 0 Å². The van der Waals surface area contributed by atoms with Crippen LogP contribution >= 0.6 is 0 Å². The van der Waals surface area contributed by atoms with E-state index in [4.69, 9.17) is 4.74 Å². The number of nitrogens with zero attached hydrogens (tertiary/aromatic N) is 2. The van der Waals surface area contributed by atoms with Gasteiger partial charge in [-0.15, -0.1) is 0 Å². The van der Waals surface area contributed by atoms with Crippen molar-refractivity contribution >= 4 is 10.0 Å². The number of nitrogens with one attached hydrogen (secondary N) is 1. The van der Waals surface area contributed by atoms with E-state index in [-0.39, 0.29) is 4.90 Å². The van der Waals surface area contributed by atoms with E-state index in [0.717, 1.165) is 38.0 Å². The zero-order valence-corrected chi connectivity index (χ0v) is 17.4. The second-order valence-corrected chi connectivity index (χ2v) is 9.05. The van der Waals surface area contributed by atoms with Crippen LogP contribution in [0, 0.1) is 12.8 Å². The number of piperidine rings is 1. The largest absolute Gasteiger partial charge is 0.492 e. The molecule has 1 aliphatic heterocycles. The van der Waals surface area contributed by atoms with Crippen LogP contribution in [-0.2, 0) is 16.6 Å². The highest BCUT2D eigenvalue weighted by molar-refractivity contribution is 7.89. The van der Waals surface area contributed by atoms with Crippen LogP contribution in [0.2, 0.25) is 0 Å². The molecule has 0 amide bonds. The predicted octanol–water partition coefficient (Wildman–Crippen LogP) is 2.98. The van der Waals surface area contributed by atoms with E-state index in [1.54, 1.807) is 12.1 Å². The molecule has 1 aliphatic rings. The molecule has 0 atom stereocenters. The summed E-state index contributed by atoms with van der Waals surface area (Å²) < 4.78 is 34.0. The summed E-state index contributed by atoms with van der Waals surface area (Å²) in [5, 5.41) is 0. The van der Waals surface area contributed by atoms with Gasteiger partial charge in [0.1, 0.15) is 10.6 Å². The van der Waals surface area contributed by atoms with Crippen LogP contribution < -0.4 is 9.46 Å². The third-order valence-corrected chi connectivity index (χ3v) is 6.56. The molecule has 1 fully saturated rings. The lowest BCUT2D eigenvalue weighted by molar-refractivity contribution is 0.178. The summed E-state index contributed by atoms with van der Waals surface area (Å²) in [6.45, 7) is 7.50. The highest BCUT2D eigenvalue weighted by Gasteiger charge is 2.24. The van der Waals surface area contributed by atoms with Crippen LogP contribution in [0.4, 0.5) is 0 Å². The molecule has 28 heavy (non-hydrogen) atoms. The van der Waals surface area contributed by atoms with Gasteiger partial charge in [0.2, 0.25) is 10.0 Å². The quantitative estimate of drug-likeness (QED) is 0.734. The fourth-order valence-corrected chi connectivity index (χ4v) is 4.84. The summed E-state index contributed by atoms with van der Waals surface area (Å²) in [6, 6.07) is 9.34. The van der Waals surface area contributed by atoms with E-state index in [9.17, 15) is 8.42 Å². The van der Waals surface area contributed by atoms with Crippen molar-refractivity contribution in [2.45, 2.75) is 38.1 Å². The van der Waals surface area contributed by atoms with Crippen molar-refractivity contribution in [3.63, 3.8) is 0 Å². The molecule has 6 nitrogen and oxygen atoms in total. The fourth-order valence-electron chi connectivity index (χ4n) is 3.50. The van der Waals surface area contributed by atoms with E-state index in [1.807, 2.05) is 44.4 Å². The third-order valence-electron chi connectivity index (χ3n) is 5.11. The summed E-state index contributed by atoms with van der Waals surface area (Å²) >= 11 is 0. The van der Waals surface area contributed by atoms with Gasteiger partial charge in [0.05, 0.1) is 6.61 Å². The number of pyridine rings is 1. The normalized spacial score (nSPS) is 16.2. The standard InChI is InChI=1S/C21H29N3O3S/c1-3-27-20-5-4-17(2)14-21(20)28(25,26)23-15-18-8-12-24(13-9-18)16-19-6-10-22-11-7-19/h4-7,10-11,14,18,23H,3,8-9,12-13,15-16H2,1-2H3. The maximum absolute atomic E-state index is 12.8. The Labute approximate surface area is 168 Å². The Hall–Kier alpha value is -1.96. The smallest absolute Gasteiger partial charge is 0.244 e. The predicted molar refractivity (Wildman–Crippen MR) is 110 cm³/mol. The van der Waals surface area contributed by atoms with E-state index < -0.39 is 10.0 Å². The van der Waals surface area contributed by atoms with Crippen molar-refractivity contribution in [1.82, 2.24) is 14.6 Å². The van der Waals surface area contributed by atoms with Crippen LogP contribution in [0.15, 0.2) is 47.6 Å². The van der Waals surface area contributed by atoms with Gasteiger partial charge in [-0.05, 0) is 81.1 Å². The molecule has 152 valence electrons. The number of hydrogen-bond acceptors (Lipinski definition) is 5. The molecule has 2 heterocycles. The average Bonchev–Trinajstić information content (AvgIpc) is 2.70. The Morgan fingerprint density at radius 1 is 1.18 bits per heavy atom. The second kappa shape index (κ2) is 9.49. The molecule has 1 aromatic carbocycles. The molecule has 0 bridgehead atoms. The number of sulfonamides is 1. The minimum absolute atomic E-state index is 0.226. The van der Waals surface area contributed by atoms with E-state index in [1.165, 1.54) is 5.56 Å². The lowest BCUT2D eigenvalue weighted by Crippen LogP contribution is -2.38. The monoisotopic (exact) mass is 403 g/mol. The van der Waals surface area contributed by atoms with Gasteiger partial charge in [-0.25, -0.2) is 13.1 Å². The topological polar surface area (TPSA) is 71.5 Å². The van der Waals surface area contributed by atoms with Gasteiger partial charge in [0, 0.05) is 25.5 Å². The zero-order chi connectivity index (χ0) is 20.0.